The van der Waals surface area contributed by atoms with E-state index in [4.69, 9.17) is 4.74 Å². The quantitative estimate of drug-likeness (QED) is 0.411. The molecule has 1 aliphatic rings. The molecule has 1 atom stereocenters. The number of rotatable bonds is 8. The molecule has 1 aliphatic carbocycles. The minimum absolute atomic E-state index is 0.149. The van der Waals surface area contributed by atoms with Gasteiger partial charge in [-0.15, -0.1) is 0 Å². The Labute approximate surface area is 122 Å². The Bertz CT molecular complexity index is 197. The topological polar surface area (TPSA) is 9.23 Å². The van der Waals surface area contributed by atoms with Gasteiger partial charge < -0.3 is 4.74 Å². The fourth-order valence-corrected chi connectivity index (χ4v) is 3.60. The number of unbranched alkanes of at least 4 members (excludes halogenated alkanes) is 1. The number of hydrogen-bond donors (Lipinski definition) is 0. The zero-order valence-corrected chi connectivity index (χ0v) is 13.9. The number of halogens is 1. The summed E-state index contributed by atoms with van der Waals surface area (Å²) in [7, 11) is 0. The summed E-state index contributed by atoms with van der Waals surface area (Å²) < 4.78 is 6.40. The van der Waals surface area contributed by atoms with Crippen molar-refractivity contribution in [2.45, 2.75) is 83.7 Å². The Hall–Kier alpha value is 0.440. The van der Waals surface area contributed by atoms with Crippen LogP contribution in [-0.2, 0) is 4.74 Å². The molecule has 0 N–H and O–H groups in total. The van der Waals surface area contributed by atoms with E-state index >= 15 is 0 Å². The molecule has 0 radical (unpaired) electrons. The van der Waals surface area contributed by atoms with Crippen LogP contribution in [0, 0.1) is 5.92 Å². The van der Waals surface area contributed by atoms with Gasteiger partial charge in [-0.2, -0.15) is 0 Å². The highest BCUT2D eigenvalue weighted by Crippen LogP contribution is 2.33. The lowest BCUT2D eigenvalue weighted by molar-refractivity contribution is -0.0550. The van der Waals surface area contributed by atoms with Crippen molar-refractivity contribution in [1.82, 2.24) is 0 Å². The first-order chi connectivity index (χ1) is 8.76. The molecule has 1 unspecified atom stereocenters. The molecule has 0 amide bonds. The highest BCUT2D eigenvalue weighted by molar-refractivity contribution is 9.09. The predicted molar refractivity (Wildman–Crippen MR) is 83.5 cm³/mol. The standard InChI is InChI=1S/C16H31BrO/c1-3-5-10-15(4-2)13-18-16(14-17)11-8-6-7-9-12-16/h15H,3-14H2,1-2H3. The van der Waals surface area contributed by atoms with Crippen LogP contribution in [0.15, 0.2) is 0 Å². The lowest BCUT2D eigenvalue weighted by Gasteiger charge is -2.33. The molecular formula is C16H31BrO. The zero-order valence-electron chi connectivity index (χ0n) is 12.3. The SMILES string of the molecule is CCCCC(CC)COC1(CBr)CCCCCC1. The molecular weight excluding hydrogens is 288 g/mol. The first-order valence-corrected chi connectivity index (χ1v) is 9.08. The van der Waals surface area contributed by atoms with Crippen LogP contribution in [-0.4, -0.2) is 17.5 Å². The molecule has 0 bridgehead atoms. The van der Waals surface area contributed by atoms with Gasteiger partial charge in [0.15, 0.2) is 0 Å². The summed E-state index contributed by atoms with van der Waals surface area (Å²) in [6.07, 6.45) is 13.2. The van der Waals surface area contributed by atoms with Crippen molar-refractivity contribution in [2.75, 3.05) is 11.9 Å². The van der Waals surface area contributed by atoms with Crippen molar-refractivity contribution < 1.29 is 4.74 Å². The normalized spacial score (nSPS) is 21.5. The molecule has 0 aromatic carbocycles. The minimum Gasteiger partial charge on any atom is -0.374 e. The third-order valence-corrected chi connectivity index (χ3v) is 5.45. The lowest BCUT2D eigenvalue weighted by Crippen LogP contribution is -2.35. The second-order valence-corrected chi connectivity index (χ2v) is 6.52. The van der Waals surface area contributed by atoms with Crippen molar-refractivity contribution in [3.63, 3.8) is 0 Å². The molecule has 0 heterocycles. The fourth-order valence-electron chi connectivity index (χ4n) is 2.88. The molecule has 0 aromatic heterocycles. The number of ether oxygens (including phenoxy) is 1. The zero-order chi connectivity index (χ0) is 13.3. The van der Waals surface area contributed by atoms with Crippen molar-refractivity contribution in [1.29, 1.82) is 0 Å². The molecule has 1 rings (SSSR count). The third-order valence-electron chi connectivity index (χ3n) is 4.43. The van der Waals surface area contributed by atoms with Gasteiger partial charge in [-0.1, -0.05) is 74.7 Å². The molecule has 2 heteroatoms. The maximum absolute atomic E-state index is 6.40. The monoisotopic (exact) mass is 318 g/mol. The molecule has 18 heavy (non-hydrogen) atoms. The summed E-state index contributed by atoms with van der Waals surface area (Å²) in [6, 6.07) is 0. The fraction of sp³-hybridized carbons (Fsp3) is 1.00. The van der Waals surface area contributed by atoms with Gasteiger partial charge in [-0.05, 0) is 25.2 Å². The Morgan fingerprint density at radius 1 is 1.11 bits per heavy atom. The van der Waals surface area contributed by atoms with Crippen LogP contribution in [0.1, 0.15) is 78.1 Å². The van der Waals surface area contributed by atoms with Gasteiger partial charge in [0.1, 0.15) is 0 Å². The van der Waals surface area contributed by atoms with E-state index in [1.165, 1.54) is 64.2 Å². The summed E-state index contributed by atoms with van der Waals surface area (Å²) in [5.74, 6) is 0.768. The van der Waals surface area contributed by atoms with E-state index in [2.05, 4.69) is 29.8 Å². The van der Waals surface area contributed by atoms with E-state index < -0.39 is 0 Å². The van der Waals surface area contributed by atoms with Crippen LogP contribution in [0.2, 0.25) is 0 Å². The van der Waals surface area contributed by atoms with E-state index in [-0.39, 0.29) is 5.60 Å². The minimum atomic E-state index is 0.149. The van der Waals surface area contributed by atoms with Crippen molar-refractivity contribution in [2.24, 2.45) is 5.92 Å². The molecule has 0 spiro atoms. The van der Waals surface area contributed by atoms with Crippen molar-refractivity contribution >= 4 is 15.9 Å². The molecule has 1 fully saturated rings. The average molecular weight is 319 g/mol. The van der Waals surface area contributed by atoms with Crippen LogP contribution in [0.25, 0.3) is 0 Å². The summed E-state index contributed by atoms with van der Waals surface area (Å²) >= 11 is 3.70. The van der Waals surface area contributed by atoms with Gasteiger partial charge in [0, 0.05) is 5.33 Å². The van der Waals surface area contributed by atoms with E-state index in [1.807, 2.05) is 0 Å². The van der Waals surface area contributed by atoms with Gasteiger partial charge in [-0.3, -0.25) is 0 Å². The first-order valence-electron chi connectivity index (χ1n) is 7.96. The maximum Gasteiger partial charge on any atom is 0.0779 e. The smallest absolute Gasteiger partial charge is 0.0779 e. The van der Waals surface area contributed by atoms with Crippen LogP contribution >= 0.6 is 15.9 Å². The van der Waals surface area contributed by atoms with Gasteiger partial charge >= 0.3 is 0 Å². The van der Waals surface area contributed by atoms with E-state index in [9.17, 15) is 0 Å². The van der Waals surface area contributed by atoms with Gasteiger partial charge in [-0.25, -0.2) is 0 Å². The van der Waals surface area contributed by atoms with Crippen LogP contribution in [0.3, 0.4) is 0 Å². The summed E-state index contributed by atoms with van der Waals surface area (Å²) in [4.78, 5) is 0. The summed E-state index contributed by atoms with van der Waals surface area (Å²) in [5.41, 5.74) is 0.149. The average Bonchev–Trinajstić information content (AvgIpc) is 2.65. The van der Waals surface area contributed by atoms with Crippen LogP contribution in [0.5, 0.6) is 0 Å². The Kier molecular flexibility index (Phi) is 8.58. The summed E-state index contributed by atoms with van der Waals surface area (Å²) in [6.45, 7) is 5.55. The Morgan fingerprint density at radius 3 is 2.28 bits per heavy atom. The second kappa shape index (κ2) is 9.36. The Balaban J connectivity index is 2.40. The molecule has 0 saturated heterocycles. The highest BCUT2D eigenvalue weighted by Gasteiger charge is 2.31. The first kappa shape index (κ1) is 16.5. The predicted octanol–water partition coefficient (Wildman–Crippen LogP) is 5.71. The van der Waals surface area contributed by atoms with Crippen LogP contribution in [0.4, 0.5) is 0 Å². The van der Waals surface area contributed by atoms with Gasteiger partial charge in [0.05, 0.1) is 12.2 Å². The summed E-state index contributed by atoms with van der Waals surface area (Å²) in [5, 5.41) is 1.02. The largest absolute Gasteiger partial charge is 0.374 e. The maximum atomic E-state index is 6.40. The lowest BCUT2D eigenvalue weighted by atomic mass is 9.95. The molecule has 0 aromatic rings. The molecule has 0 aliphatic heterocycles. The van der Waals surface area contributed by atoms with E-state index in [0.717, 1.165) is 17.9 Å². The van der Waals surface area contributed by atoms with Gasteiger partial charge in [0.2, 0.25) is 0 Å². The second-order valence-electron chi connectivity index (χ2n) is 5.96. The highest BCUT2D eigenvalue weighted by atomic mass is 79.9. The molecule has 108 valence electrons. The van der Waals surface area contributed by atoms with Gasteiger partial charge in [0.25, 0.3) is 0 Å². The van der Waals surface area contributed by atoms with Crippen LogP contribution < -0.4 is 0 Å². The van der Waals surface area contributed by atoms with Crippen molar-refractivity contribution in [3.05, 3.63) is 0 Å². The molecule has 1 nitrogen and oxygen atoms in total. The van der Waals surface area contributed by atoms with E-state index in [1.54, 1.807) is 0 Å². The number of hydrogen-bond acceptors (Lipinski definition) is 1. The van der Waals surface area contributed by atoms with E-state index in [0.29, 0.717) is 0 Å². The third kappa shape index (κ3) is 5.61. The molecule has 1 saturated carbocycles. The Morgan fingerprint density at radius 2 is 1.78 bits per heavy atom. The number of alkyl halides is 1. The van der Waals surface area contributed by atoms with Crippen molar-refractivity contribution in [3.8, 4) is 0 Å².